The zero-order valence-electron chi connectivity index (χ0n) is 14.9. The highest BCUT2D eigenvalue weighted by molar-refractivity contribution is 9.10. The lowest BCUT2D eigenvalue weighted by Crippen LogP contribution is -2.31. The first-order valence-electron chi connectivity index (χ1n) is 8.77. The van der Waals surface area contributed by atoms with Gasteiger partial charge < -0.3 is 0 Å². The van der Waals surface area contributed by atoms with Crippen LogP contribution >= 0.6 is 39.0 Å². The third-order valence-corrected chi connectivity index (χ3v) is 6.69. The molecule has 0 radical (unpaired) electrons. The van der Waals surface area contributed by atoms with Gasteiger partial charge in [0.25, 0.3) is 0 Å². The number of rotatable bonds is 6. The molecule has 3 aromatic carbocycles. The van der Waals surface area contributed by atoms with Crippen LogP contribution < -0.4 is 4.90 Å². The predicted molar refractivity (Wildman–Crippen MR) is 122 cm³/mol. The number of carbonyl (C=O) groups is 1. The highest BCUT2D eigenvalue weighted by Gasteiger charge is 2.20. The van der Waals surface area contributed by atoms with Crippen molar-refractivity contribution in [3.05, 3.63) is 88.9 Å². The fourth-order valence-corrected chi connectivity index (χ4v) is 5.10. The normalized spacial score (nSPS) is 10.9. The summed E-state index contributed by atoms with van der Waals surface area (Å²) < 4.78 is 2.07. The van der Waals surface area contributed by atoms with E-state index in [-0.39, 0.29) is 5.91 Å². The van der Waals surface area contributed by atoms with E-state index in [0.717, 1.165) is 30.3 Å². The first kappa shape index (κ1) is 19.2. The molecule has 28 heavy (non-hydrogen) atoms. The molecule has 0 bridgehead atoms. The van der Waals surface area contributed by atoms with Crippen molar-refractivity contribution in [3.8, 4) is 0 Å². The van der Waals surface area contributed by atoms with Gasteiger partial charge in [-0.1, -0.05) is 75.8 Å². The maximum absolute atomic E-state index is 13.1. The fourth-order valence-electron chi connectivity index (χ4n) is 2.77. The minimum absolute atomic E-state index is 0.0517. The van der Waals surface area contributed by atoms with Gasteiger partial charge in [0.05, 0.1) is 22.5 Å². The van der Waals surface area contributed by atoms with Crippen molar-refractivity contribution in [2.75, 3.05) is 10.7 Å². The number of hydrogen-bond donors (Lipinski definition) is 0. The van der Waals surface area contributed by atoms with E-state index in [1.807, 2.05) is 78.9 Å². The SMILES string of the molecule is O=C(CSc1ccccc1)N(Cc1ccccc1)c1nc2ccc(Br)cc2s1. The second-order valence-corrected chi connectivity index (χ2v) is 9.15. The van der Waals surface area contributed by atoms with Crippen molar-refractivity contribution in [1.82, 2.24) is 4.98 Å². The third-order valence-electron chi connectivity index (χ3n) is 4.16. The summed E-state index contributed by atoms with van der Waals surface area (Å²) >= 11 is 6.60. The quantitative estimate of drug-likeness (QED) is 0.307. The fraction of sp³-hybridized carbons (Fsp3) is 0.0909. The Hall–Kier alpha value is -2.15. The van der Waals surface area contributed by atoms with Crippen LogP contribution in [0.1, 0.15) is 5.56 Å². The Balaban J connectivity index is 1.61. The van der Waals surface area contributed by atoms with Crippen molar-refractivity contribution in [2.24, 2.45) is 0 Å². The molecule has 0 aliphatic carbocycles. The summed E-state index contributed by atoms with van der Waals surface area (Å²) in [5.74, 6) is 0.423. The van der Waals surface area contributed by atoms with Gasteiger partial charge in [0.15, 0.2) is 5.13 Å². The van der Waals surface area contributed by atoms with E-state index >= 15 is 0 Å². The largest absolute Gasteiger partial charge is 0.283 e. The number of aromatic nitrogens is 1. The summed E-state index contributed by atoms with van der Waals surface area (Å²) in [7, 11) is 0. The van der Waals surface area contributed by atoms with Gasteiger partial charge in [-0.05, 0) is 35.9 Å². The van der Waals surface area contributed by atoms with E-state index in [0.29, 0.717) is 12.3 Å². The summed E-state index contributed by atoms with van der Waals surface area (Å²) in [5.41, 5.74) is 1.99. The van der Waals surface area contributed by atoms with Crippen LogP contribution in [0.5, 0.6) is 0 Å². The van der Waals surface area contributed by atoms with Crippen molar-refractivity contribution >= 4 is 60.3 Å². The molecule has 4 rings (SSSR count). The second kappa shape index (κ2) is 8.90. The van der Waals surface area contributed by atoms with Crippen LogP contribution in [0.25, 0.3) is 10.2 Å². The van der Waals surface area contributed by atoms with Gasteiger partial charge in [0.2, 0.25) is 5.91 Å². The average molecular weight is 469 g/mol. The summed E-state index contributed by atoms with van der Waals surface area (Å²) in [4.78, 5) is 20.7. The van der Waals surface area contributed by atoms with Crippen LogP contribution in [0.4, 0.5) is 5.13 Å². The van der Waals surface area contributed by atoms with Crippen LogP contribution in [0.3, 0.4) is 0 Å². The number of fused-ring (bicyclic) bond motifs is 1. The number of anilines is 1. The first-order chi connectivity index (χ1) is 13.7. The van der Waals surface area contributed by atoms with Crippen molar-refractivity contribution in [3.63, 3.8) is 0 Å². The second-order valence-electron chi connectivity index (χ2n) is 6.18. The lowest BCUT2D eigenvalue weighted by molar-refractivity contribution is -0.116. The summed E-state index contributed by atoms with van der Waals surface area (Å²) in [6, 6.07) is 26.0. The van der Waals surface area contributed by atoms with Crippen LogP contribution in [0.15, 0.2) is 88.2 Å². The topological polar surface area (TPSA) is 33.2 Å². The monoisotopic (exact) mass is 468 g/mol. The van der Waals surface area contributed by atoms with Gasteiger partial charge in [-0.2, -0.15) is 0 Å². The molecule has 6 heteroatoms. The molecule has 4 aromatic rings. The Morgan fingerprint density at radius 2 is 1.71 bits per heavy atom. The van der Waals surface area contributed by atoms with E-state index in [1.54, 1.807) is 28.0 Å². The molecule has 0 aliphatic heterocycles. The molecule has 0 aliphatic rings. The number of halogens is 1. The minimum Gasteiger partial charge on any atom is -0.283 e. The number of thioether (sulfide) groups is 1. The highest BCUT2D eigenvalue weighted by Crippen LogP contribution is 2.32. The molecule has 1 heterocycles. The predicted octanol–water partition coefficient (Wildman–Crippen LogP) is 6.38. The zero-order valence-corrected chi connectivity index (χ0v) is 18.1. The molecule has 3 nitrogen and oxygen atoms in total. The molecule has 140 valence electrons. The summed E-state index contributed by atoms with van der Waals surface area (Å²) in [6.07, 6.45) is 0. The molecule has 0 N–H and O–H groups in total. The highest BCUT2D eigenvalue weighted by atomic mass is 79.9. The Morgan fingerprint density at radius 3 is 2.46 bits per heavy atom. The Labute approximate surface area is 180 Å². The van der Waals surface area contributed by atoms with Crippen LogP contribution in [-0.4, -0.2) is 16.6 Å². The van der Waals surface area contributed by atoms with Crippen LogP contribution in [0.2, 0.25) is 0 Å². The Kier molecular flexibility index (Phi) is 6.10. The number of carbonyl (C=O) groups excluding carboxylic acids is 1. The van der Waals surface area contributed by atoms with Gasteiger partial charge in [-0.15, -0.1) is 11.8 Å². The van der Waals surface area contributed by atoms with Gasteiger partial charge >= 0.3 is 0 Å². The maximum Gasteiger partial charge on any atom is 0.239 e. The molecule has 0 saturated heterocycles. The van der Waals surface area contributed by atoms with E-state index < -0.39 is 0 Å². The maximum atomic E-state index is 13.1. The van der Waals surface area contributed by atoms with E-state index in [4.69, 9.17) is 4.98 Å². The Bertz CT molecular complexity index is 1080. The molecular formula is C22H17BrN2OS2. The number of nitrogens with zero attached hydrogens (tertiary/aromatic N) is 2. The molecule has 0 unspecified atom stereocenters. The molecular weight excluding hydrogens is 452 g/mol. The van der Waals surface area contributed by atoms with Crippen molar-refractivity contribution in [1.29, 1.82) is 0 Å². The Morgan fingerprint density at radius 1 is 1.00 bits per heavy atom. The minimum atomic E-state index is 0.0517. The number of thiazole rings is 1. The number of benzene rings is 3. The smallest absolute Gasteiger partial charge is 0.239 e. The average Bonchev–Trinajstić information content (AvgIpc) is 3.14. The lowest BCUT2D eigenvalue weighted by atomic mass is 10.2. The molecule has 0 atom stereocenters. The van der Waals surface area contributed by atoms with E-state index in [2.05, 4.69) is 15.9 Å². The van der Waals surface area contributed by atoms with Gasteiger partial charge in [0.1, 0.15) is 0 Å². The van der Waals surface area contributed by atoms with E-state index in [1.165, 1.54) is 0 Å². The third kappa shape index (κ3) is 4.63. The van der Waals surface area contributed by atoms with Crippen molar-refractivity contribution in [2.45, 2.75) is 11.4 Å². The van der Waals surface area contributed by atoms with Crippen molar-refractivity contribution < 1.29 is 4.79 Å². The summed E-state index contributed by atoms with van der Waals surface area (Å²) in [5, 5.41) is 0.732. The number of hydrogen-bond acceptors (Lipinski definition) is 4. The number of amides is 1. The molecule has 1 amide bonds. The van der Waals surface area contributed by atoms with Crippen LogP contribution in [0, 0.1) is 0 Å². The summed E-state index contributed by atoms with van der Waals surface area (Å²) in [6.45, 7) is 0.510. The molecule has 0 saturated carbocycles. The zero-order chi connectivity index (χ0) is 19.3. The lowest BCUT2D eigenvalue weighted by Gasteiger charge is -2.20. The van der Waals surface area contributed by atoms with E-state index in [9.17, 15) is 4.79 Å². The standard InChI is InChI=1S/C22H17BrN2OS2/c23-17-11-12-19-20(13-17)28-22(24-19)25(14-16-7-3-1-4-8-16)21(26)15-27-18-9-5-2-6-10-18/h1-13H,14-15H2. The van der Waals surface area contributed by atoms with Gasteiger partial charge in [-0.25, -0.2) is 4.98 Å². The van der Waals surface area contributed by atoms with Gasteiger partial charge in [0, 0.05) is 9.37 Å². The first-order valence-corrected chi connectivity index (χ1v) is 11.4. The molecule has 1 aromatic heterocycles. The van der Waals surface area contributed by atoms with Gasteiger partial charge in [-0.3, -0.25) is 9.69 Å². The molecule has 0 fully saturated rings. The molecule has 0 spiro atoms. The van der Waals surface area contributed by atoms with Crippen LogP contribution in [-0.2, 0) is 11.3 Å².